The standard InChI is InChI=1S/C22H23F4N7O/c1-13-4-3-7-32(19(13)12-29-21-27-10-15(11-28-21)22(24,25)26)20(34)16-8-14(2)17(23)9-18(16)33-30-5-6-31-33/h5-6,8-11,13,19H,3-4,7,12H2,1-2H3,(H,27,28,29)/t13-,19?/m1/s1. The molecule has 180 valence electrons. The van der Waals surface area contributed by atoms with Gasteiger partial charge in [-0.25, -0.2) is 14.4 Å². The Morgan fingerprint density at radius 3 is 2.50 bits per heavy atom. The van der Waals surface area contributed by atoms with Gasteiger partial charge in [-0.2, -0.15) is 28.2 Å². The normalized spacial score (nSPS) is 18.7. The Kier molecular flexibility index (Phi) is 6.49. The number of likely N-dealkylation sites (tertiary alicyclic amines) is 1. The van der Waals surface area contributed by atoms with Crippen molar-refractivity contribution in [1.82, 2.24) is 29.9 Å². The molecule has 2 atom stereocenters. The summed E-state index contributed by atoms with van der Waals surface area (Å²) in [5.74, 6) is -0.639. The second-order valence-corrected chi connectivity index (χ2v) is 8.30. The van der Waals surface area contributed by atoms with Gasteiger partial charge < -0.3 is 10.2 Å². The number of rotatable bonds is 5. The number of piperidine rings is 1. The molecule has 1 saturated heterocycles. The summed E-state index contributed by atoms with van der Waals surface area (Å²) in [5, 5.41) is 11.0. The van der Waals surface area contributed by atoms with E-state index in [2.05, 4.69) is 25.5 Å². The van der Waals surface area contributed by atoms with Crippen LogP contribution in [0, 0.1) is 18.7 Å². The number of anilines is 1. The molecule has 1 unspecified atom stereocenters. The van der Waals surface area contributed by atoms with Crippen molar-refractivity contribution >= 4 is 11.9 Å². The second kappa shape index (κ2) is 9.35. The molecule has 4 rings (SSSR count). The molecule has 0 radical (unpaired) electrons. The average molecular weight is 477 g/mol. The van der Waals surface area contributed by atoms with Gasteiger partial charge >= 0.3 is 6.18 Å². The number of carbonyl (C=O) groups excluding carboxylic acids is 1. The number of amides is 1. The number of nitrogens with one attached hydrogen (secondary N) is 1. The second-order valence-electron chi connectivity index (χ2n) is 8.30. The van der Waals surface area contributed by atoms with Gasteiger partial charge in [0.1, 0.15) is 11.5 Å². The highest BCUT2D eigenvalue weighted by molar-refractivity contribution is 5.98. The van der Waals surface area contributed by atoms with Crippen molar-refractivity contribution in [1.29, 1.82) is 0 Å². The summed E-state index contributed by atoms with van der Waals surface area (Å²) < 4.78 is 52.6. The van der Waals surface area contributed by atoms with Crippen LogP contribution in [0.4, 0.5) is 23.5 Å². The molecule has 0 spiro atoms. The smallest absolute Gasteiger partial charge is 0.352 e. The van der Waals surface area contributed by atoms with Crippen molar-refractivity contribution in [3.05, 3.63) is 59.4 Å². The molecule has 34 heavy (non-hydrogen) atoms. The molecule has 1 N–H and O–H groups in total. The van der Waals surface area contributed by atoms with Crippen molar-refractivity contribution in [3.8, 4) is 5.69 Å². The Morgan fingerprint density at radius 2 is 1.85 bits per heavy atom. The SMILES string of the molecule is Cc1cc(C(=O)N2CCC[C@@H](C)C2CNc2ncc(C(F)(F)F)cn2)c(-n2nccn2)cc1F. The molecule has 0 saturated carbocycles. The third-order valence-corrected chi connectivity index (χ3v) is 5.97. The Hall–Kier alpha value is -3.57. The van der Waals surface area contributed by atoms with Gasteiger partial charge in [-0.15, -0.1) is 0 Å². The molecule has 1 amide bonds. The van der Waals surface area contributed by atoms with Crippen LogP contribution in [0.15, 0.2) is 36.9 Å². The fraction of sp³-hybridized carbons (Fsp3) is 0.409. The lowest BCUT2D eigenvalue weighted by atomic mass is 9.90. The van der Waals surface area contributed by atoms with Crippen molar-refractivity contribution in [2.45, 2.75) is 38.9 Å². The number of benzene rings is 1. The number of aryl methyl sites for hydroxylation is 1. The minimum absolute atomic E-state index is 0.0391. The molecule has 1 aromatic carbocycles. The predicted octanol–water partition coefficient (Wildman–Crippen LogP) is 3.88. The van der Waals surface area contributed by atoms with E-state index in [0.717, 1.165) is 12.8 Å². The fourth-order valence-corrected chi connectivity index (χ4v) is 4.08. The summed E-state index contributed by atoms with van der Waals surface area (Å²) in [6.07, 6.45) is 1.45. The number of halogens is 4. The third kappa shape index (κ3) is 4.85. The van der Waals surface area contributed by atoms with Crippen LogP contribution in [0.5, 0.6) is 0 Å². The molecule has 1 aliphatic heterocycles. The third-order valence-electron chi connectivity index (χ3n) is 5.97. The molecule has 0 aliphatic carbocycles. The molecule has 0 bridgehead atoms. The Labute approximate surface area is 193 Å². The lowest BCUT2D eigenvalue weighted by Gasteiger charge is -2.40. The molecule has 8 nitrogen and oxygen atoms in total. The zero-order valence-corrected chi connectivity index (χ0v) is 18.6. The number of hydrogen-bond acceptors (Lipinski definition) is 6. The molecule has 3 heterocycles. The summed E-state index contributed by atoms with van der Waals surface area (Å²) >= 11 is 0. The van der Waals surface area contributed by atoms with Crippen LogP contribution < -0.4 is 5.32 Å². The van der Waals surface area contributed by atoms with Gasteiger partial charge in [-0.3, -0.25) is 4.79 Å². The van der Waals surface area contributed by atoms with Crippen LogP contribution >= 0.6 is 0 Å². The highest BCUT2D eigenvalue weighted by atomic mass is 19.4. The van der Waals surface area contributed by atoms with Crippen LogP contribution in [0.25, 0.3) is 5.69 Å². The van der Waals surface area contributed by atoms with Crippen molar-refractivity contribution in [2.75, 3.05) is 18.4 Å². The predicted molar refractivity (Wildman–Crippen MR) is 115 cm³/mol. The monoisotopic (exact) mass is 477 g/mol. The molecule has 1 aliphatic rings. The van der Waals surface area contributed by atoms with Crippen LogP contribution in [0.3, 0.4) is 0 Å². The lowest BCUT2D eigenvalue weighted by Crippen LogP contribution is -2.51. The van der Waals surface area contributed by atoms with Gasteiger partial charge in [-0.1, -0.05) is 6.92 Å². The van der Waals surface area contributed by atoms with E-state index in [4.69, 9.17) is 0 Å². The number of carbonyl (C=O) groups is 1. The van der Waals surface area contributed by atoms with E-state index >= 15 is 0 Å². The molecule has 1 fully saturated rings. The number of alkyl halides is 3. The minimum atomic E-state index is -4.52. The Balaban J connectivity index is 1.58. The number of nitrogens with zero attached hydrogens (tertiary/aromatic N) is 6. The molecule has 2 aromatic heterocycles. The zero-order chi connectivity index (χ0) is 24.5. The van der Waals surface area contributed by atoms with Crippen LogP contribution in [0.2, 0.25) is 0 Å². The number of aromatic nitrogens is 5. The Morgan fingerprint density at radius 1 is 1.18 bits per heavy atom. The zero-order valence-electron chi connectivity index (χ0n) is 18.6. The number of hydrogen-bond donors (Lipinski definition) is 1. The van der Waals surface area contributed by atoms with Gasteiger partial charge in [0.05, 0.1) is 29.6 Å². The maximum atomic E-state index is 14.3. The first-order valence-corrected chi connectivity index (χ1v) is 10.8. The van der Waals surface area contributed by atoms with Gasteiger partial charge in [0, 0.05) is 31.5 Å². The van der Waals surface area contributed by atoms with Gasteiger partial charge in [0.2, 0.25) is 5.95 Å². The minimum Gasteiger partial charge on any atom is -0.352 e. The van der Waals surface area contributed by atoms with E-state index in [-0.39, 0.29) is 41.6 Å². The van der Waals surface area contributed by atoms with E-state index in [9.17, 15) is 22.4 Å². The van der Waals surface area contributed by atoms with Crippen molar-refractivity contribution in [3.63, 3.8) is 0 Å². The van der Waals surface area contributed by atoms with Crippen molar-refractivity contribution < 1.29 is 22.4 Å². The molecule has 3 aromatic rings. The largest absolute Gasteiger partial charge is 0.419 e. The summed E-state index contributed by atoms with van der Waals surface area (Å²) in [6.45, 7) is 4.30. The van der Waals surface area contributed by atoms with Crippen LogP contribution in [-0.4, -0.2) is 54.9 Å². The van der Waals surface area contributed by atoms with E-state index < -0.39 is 17.6 Å². The maximum absolute atomic E-state index is 14.3. The lowest BCUT2D eigenvalue weighted by molar-refractivity contribution is -0.138. The Bertz CT molecular complexity index is 1150. The van der Waals surface area contributed by atoms with Gasteiger partial charge in [-0.05, 0) is 37.3 Å². The first-order valence-electron chi connectivity index (χ1n) is 10.8. The van der Waals surface area contributed by atoms with E-state index in [0.29, 0.717) is 24.5 Å². The first kappa shape index (κ1) is 23.6. The average Bonchev–Trinajstić information content (AvgIpc) is 3.34. The van der Waals surface area contributed by atoms with E-state index in [1.165, 1.54) is 29.3 Å². The van der Waals surface area contributed by atoms with Crippen molar-refractivity contribution in [2.24, 2.45) is 5.92 Å². The van der Waals surface area contributed by atoms with Gasteiger partial charge in [0.15, 0.2) is 0 Å². The molecular weight excluding hydrogens is 454 g/mol. The highest BCUT2D eigenvalue weighted by Gasteiger charge is 2.34. The molecular formula is C22H23F4N7O. The summed E-state index contributed by atoms with van der Waals surface area (Å²) in [5.41, 5.74) is -0.126. The summed E-state index contributed by atoms with van der Waals surface area (Å²) in [6, 6.07) is 2.44. The highest BCUT2D eigenvalue weighted by Crippen LogP contribution is 2.29. The van der Waals surface area contributed by atoms with E-state index in [1.54, 1.807) is 11.8 Å². The topological polar surface area (TPSA) is 88.8 Å². The quantitative estimate of drug-likeness (QED) is 0.562. The molecule has 12 heteroatoms. The van der Waals surface area contributed by atoms with Crippen LogP contribution in [-0.2, 0) is 6.18 Å². The summed E-state index contributed by atoms with van der Waals surface area (Å²) in [4.78, 5) is 24.0. The van der Waals surface area contributed by atoms with Crippen LogP contribution in [0.1, 0.15) is 41.3 Å². The van der Waals surface area contributed by atoms with E-state index in [1.807, 2.05) is 6.92 Å². The fourth-order valence-electron chi connectivity index (χ4n) is 4.08. The summed E-state index contributed by atoms with van der Waals surface area (Å²) in [7, 11) is 0. The first-order chi connectivity index (χ1) is 16.1. The van der Waals surface area contributed by atoms with Gasteiger partial charge in [0.25, 0.3) is 5.91 Å². The maximum Gasteiger partial charge on any atom is 0.419 e.